The van der Waals surface area contributed by atoms with E-state index in [0.717, 1.165) is 91.0 Å². The molecule has 2 atom stereocenters. The molecule has 13 nitrogen and oxygen atoms in total. The van der Waals surface area contributed by atoms with Gasteiger partial charge in [-0.3, -0.25) is 14.4 Å². The molecule has 0 bridgehead atoms. The number of carbonyl (C=O) groups is 3. The average molecular weight is 761 g/mol. The number of ketones is 1. The molecule has 0 spiro atoms. The molecule has 2 amide bonds. The molecule has 2 aromatic carbocycles. The summed E-state index contributed by atoms with van der Waals surface area (Å²) in [7, 11) is 0. The quantitative estimate of drug-likeness (QED) is 0.164. The standard InChI is InChI=1S/C43H56N10O3/c1-6-28-22-30-31(43(4,5)39-37(38(30)55)29-12-11-27(24-44)21-33(29)48-39)23-34(28)51-17-19-52(20-18-51)36(54)10-8-14-50-25-35(42(2,3)26-50)49-40(56)32(45)9-7-15-53-16-13-47-41(53)46/h11-13,16,21-23,32,35,48H,6-10,14-15,17-20,25-26,45H2,1-5H3,(H2,46,47)(H,49,56)/t32?,35-/m0/s1. The number of H-pyrrole nitrogens is 1. The van der Waals surface area contributed by atoms with Crippen molar-refractivity contribution >= 4 is 40.1 Å². The van der Waals surface area contributed by atoms with E-state index in [2.05, 4.69) is 77.9 Å². The van der Waals surface area contributed by atoms with Crippen molar-refractivity contribution < 1.29 is 14.4 Å². The Bertz CT molecular complexity index is 2180. The summed E-state index contributed by atoms with van der Waals surface area (Å²) >= 11 is 0. The zero-order valence-corrected chi connectivity index (χ0v) is 33.5. The molecular formula is C43H56N10O3. The van der Waals surface area contributed by atoms with E-state index in [4.69, 9.17) is 11.5 Å². The molecule has 13 heteroatoms. The number of anilines is 2. The summed E-state index contributed by atoms with van der Waals surface area (Å²) in [6.45, 7) is 16.6. The van der Waals surface area contributed by atoms with Gasteiger partial charge in [0.1, 0.15) is 0 Å². The largest absolute Gasteiger partial charge is 0.369 e. The minimum Gasteiger partial charge on any atom is -0.369 e. The van der Waals surface area contributed by atoms with Crippen LogP contribution in [0.25, 0.3) is 10.9 Å². The number of nitrogens with two attached hydrogens (primary N) is 2. The Morgan fingerprint density at radius 3 is 2.55 bits per heavy atom. The van der Waals surface area contributed by atoms with E-state index in [1.807, 2.05) is 27.8 Å². The van der Waals surface area contributed by atoms with Gasteiger partial charge in [-0.1, -0.05) is 40.7 Å². The van der Waals surface area contributed by atoms with Crippen LogP contribution in [0.5, 0.6) is 0 Å². The second kappa shape index (κ2) is 15.4. The number of nitrogens with one attached hydrogen (secondary N) is 2. The number of piperazine rings is 1. The minimum atomic E-state index is -0.589. The van der Waals surface area contributed by atoms with Crippen LogP contribution in [0, 0.1) is 16.7 Å². The van der Waals surface area contributed by atoms with Crippen LogP contribution >= 0.6 is 0 Å². The lowest BCUT2D eigenvalue weighted by atomic mass is 9.70. The number of nitrogen functional groups attached to an aromatic ring is 1. The van der Waals surface area contributed by atoms with E-state index >= 15 is 0 Å². The predicted octanol–water partition coefficient (Wildman–Crippen LogP) is 4.31. The van der Waals surface area contributed by atoms with Crippen LogP contribution in [0.15, 0.2) is 42.7 Å². The number of aromatic amines is 1. The summed E-state index contributed by atoms with van der Waals surface area (Å²) < 4.78 is 1.85. The maximum absolute atomic E-state index is 14.1. The third-order valence-electron chi connectivity index (χ3n) is 12.5. The van der Waals surface area contributed by atoms with Crippen molar-refractivity contribution in [2.45, 2.75) is 90.8 Å². The van der Waals surface area contributed by atoms with Crippen molar-refractivity contribution in [3.8, 4) is 6.07 Å². The Morgan fingerprint density at radius 2 is 1.86 bits per heavy atom. The van der Waals surface area contributed by atoms with Gasteiger partial charge in [0, 0.05) is 104 Å². The van der Waals surface area contributed by atoms with E-state index < -0.39 is 11.5 Å². The highest BCUT2D eigenvalue weighted by Crippen LogP contribution is 2.46. The van der Waals surface area contributed by atoms with E-state index in [0.29, 0.717) is 49.6 Å². The van der Waals surface area contributed by atoms with Gasteiger partial charge in [0.05, 0.1) is 23.2 Å². The number of benzene rings is 2. The van der Waals surface area contributed by atoms with Crippen molar-refractivity contribution in [3.63, 3.8) is 0 Å². The normalized spacial score (nSPS) is 19.4. The highest BCUT2D eigenvalue weighted by atomic mass is 16.2. The molecule has 1 aliphatic carbocycles. The Labute approximate surface area is 329 Å². The van der Waals surface area contributed by atoms with Gasteiger partial charge >= 0.3 is 0 Å². The van der Waals surface area contributed by atoms with Crippen LogP contribution in [0.3, 0.4) is 0 Å². The van der Waals surface area contributed by atoms with Gasteiger partial charge in [0.15, 0.2) is 11.7 Å². The van der Waals surface area contributed by atoms with Crippen LogP contribution in [0.1, 0.15) is 98.6 Å². The highest BCUT2D eigenvalue weighted by molar-refractivity contribution is 6.20. The number of rotatable bonds is 12. The summed E-state index contributed by atoms with van der Waals surface area (Å²) in [5.74, 6) is 0.524. The maximum atomic E-state index is 14.1. The highest BCUT2D eigenvalue weighted by Gasteiger charge is 2.42. The zero-order valence-electron chi connectivity index (χ0n) is 33.5. The maximum Gasteiger partial charge on any atom is 0.237 e. The second-order valence-corrected chi connectivity index (χ2v) is 17.1. The van der Waals surface area contributed by atoms with Gasteiger partial charge in [-0.25, -0.2) is 4.98 Å². The smallest absolute Gasteiger partial charge is 0.237 e. The van der Waals surface area contributed by atoms with Crippen molar-refractivity contribution in [2.75, 3.05) is 56.4 Å². The number of hydrogen-bond acceptors (Lipinski definition) is 9. The molecule has 0 saturated carbocycles. The molecule has 2 aromatic heterocycles. The van der Waals surface area contributed by atoms with Crippen LogP contribution in [-0.2, 0) is 28.0 Å². The van der Waals surface area contributed by atoms with Crippen LogP contribution in [-0.4, -0.2) is 99.8 Å². The number of nitrogens with zero attached hydrogens (tertiary/aromatic N) is 6. The topological polar surface area (TPSA) is 182 Å². The van der Waals surface area contributed by atoms with E-state index in [9.17, 15) is 19.6 Å². The van der Waals surface area contributed by atoms with Crippen molar-refractivity contribution in [2.24, 2.45) is 11.1 Å². The van der Waals surface area contributed by atoms with Gasteiger partial charge in [-0.2, -0.15) is 5.26 Å². The van der Waals surface area contributed by atoms with E-state index in [1.165, 1.54) is 0 Å². The number of likely N-dealkylation sites (tertiary alicyclic amines) is 1. The molecular weight excluding hydrogens is 705 g/mol. The molecule has 7 rings (SSSR count). The molecule has 56 heavy (non-hydrogen) atoms. The molecule has 2 saturated heterocycles. The van der Waals surface area contributed by atoms with Gasteiger partial charge < -0.3 is 41.0 Å². The lowest BCUT2D eigenvalue weighted by molar-refractivity contribution is -0.131. The Balaban J connectivity index is 0.911. The lowest BCUT2D eigenvalue weighted by Gasteiger charge is -2.39. The number of hydrogen-bond donors (Lipinski definition) is 4. The van der Waals surface area contributed by atoms with Crippen LogP contribution in [0.4, 0.5) is 11.6 Å². The summed E-state index contributed by atoms with van der Waals surface area (Å²) in [5, 5.41) is 13.5. The number of imidazole rings is 1. The third-order valence-corrected chi connectivity index (χ3v) is 12.5. The molecule has 6 N–H and O–H groups in total. The first kappa shape index (κ1) is 39.1. The average Bonchev–Trinajstić information content (AvgIpc) is 3.87. The van der Waals surface area contributed by atoms with Crippen molar-refractivity contribution in [1.82, 2.24) is 29.7 Å². The van der Waals surface area contributed by atoms with Crippen molar-refractivity contribution in [1.29, 1.82) is 5.26 Å². The zero-order chi connectivity index (χ0) is 39.9. The first-order valence-corrected chi connectivity index (χ1v) is 20.1. The number of aryl methyl sites for hydroxylation is 2. The molecule has 4 aromatic rings. The number of carbonyl (C=O) groups excluding carboxylic acids is 3. The molecule has 1 unspecified atom stereocenters. The van der Waals surface area contributed by atoms with Gasteiger partial charge in [-0.15, -0.1) is 0 Å². The van der Waals surface area contributed by atoms with Gasteiger partial charge in [0.25, 0.3) is 0 Å². The molecule has 296 valence electrons. The van der Waals surface area contributed by atoms with Crippen molar-refractivity contribution in [3.05, 3.63) is 76.2 Å². The Hall–Kier alpha value is -5.19. The number of fused-ring (bicyclic) bond motifs is 4. The Morgan fingerprint density at radius 1 is 1.09 bits per heavy atom. The number of aromatic nitrogens is 3. The third kappa shape index (κ3) is 7.40. The Kier molecular flexibility index (Phi) is 10.7. The van der Waals surface area contributed by atoms with Crippen LogP contribution in [0.2, 0.25) is 0 Å². The van der Waals surface area contributed by atoms with E-state index in [-0.39, 0.29) is 29.1 Å². The summed E-state index contributed by atoms with van der Waals surface area (Å²) in [4.78, 5) is 54.7. The number of nitriles is 1. The second-order valence-electron chi connectivity index (χ2n) is 17.1. The molecule has 4 heterocycles. The SMILES string of the molecule is CCc1cc2c(cc1N1CCN(C(=O)CCCN3C[C@H](NC(=O)C(N)CCCn4ccnc4N)C(C)(C)C3)CC1)C(C)(C)c1[nH]c3cc(C#N)ccc3c1C2=O. The lowest BCUT2D eigenvalue weighted by Crippen LogP contribution is -2.50. The predicted molar refractivity (Wildman–Crippen MR) is 218 cm³/mol. The molecule has 2 aliphatic heterocycles. The van der Waals surface area contributed by atoms with Crippen LogP contribution < -0.4 is 21.7 Å². The minimum absolute atomic E-state index is 0.0171. The fourth-order valence-corrected chi connectivity index (χ4v) is 9.05. The first-order valence-electron chi connectivity index (χ1n) is 20.1. The molecule has 3 aliphatic rings. The first-order chi connectivity index (χ1) is 26.7. The summed E-state index contributed by atoms with van der Waals surface area (Å²) in [5.41, 5.74) is 18.5. The van der Waals surface area contributed by atoms with Gasteiger partial charge in [0.2, 0.25) is 11.8 Å². The number of amides is 2. The summed E-state index contributed by atoms with van der Waals surface area (Å²) in [6, 6.07) is 11.4. The molecule has 2 fully saturated rings. The fraction of sp³-hybridized carbons (Fsp3) is 0.512. The monoisotopic (exact) mass is 760 g/mol. The van der Waals surface area contributed by atoms with Gasteiger partial charge in [-0.05, 0) is 73.0 Å². The summed E-state index contributed by atoms with van der Waals surface area (Å²) in [6.07, 6.45) is 6.80. The van der Waals surface area contributed by atoms with E-state index in [1.54, 1.807) is 12.3 Å². The molecule has 0 radical (unpaired) electrons. The fourth-order valence-electron chi connectivity index (χ4n) is 9.05.